The topological polar surface area (TPSA) is 76.4 Å². The van der Waals surface area contributed by atoms with E-state index in [-0.39, 0.29) is 5.84 Å². The molecule has 94 valence electrons. The molecular weight excluding hydrogens is 275 g/mol. The van der Waals surface area contributed by atoms with Crippen molar-refractivity contribution >= 4 is 29.0 Å². The molecule has 0 fully saturated rings. The van der Waals surface area contributed by atoms with Gasteiger partial charge in [-0.3, -0.25) is 4.68 Å². The third kappa shape index (κ3) is 2.75. The Balaban J connectivity index is 2.25. The molecular formula is C11H10Cl2N4O. The zero-order valence-corrected chi connectivity index (χ0v) is 10.7. The maximum Gasteiger partial charge on any atom is 0.170 e. The van der Waals surface area contributed by atoms with Crippen molar-refractivity contribution in [3.8, 4) is 0 Å². The fraction of sp³-hybridized carbons (Fsp3) is 0.0909. The van der Waals surface area contributed by atoms with Crippen LogP contribution in [0.3, 0.4) is 0 Å². The smallest absolute Gasteiger partial charge is 0.170 e. The highest BCUT2D eigenvalue weighted by atomic mass is 35.5. The Morgan fingerprint density at radius 3 is 2.78 bits per heavy atom. The van der Waals surface area contributed by atoms with Crippen LogP contribution in [0.25, 0.3) is 0 Å². The number of amidine groups is 1. The lowest BCUT2D eigenvalue weighted by atomic mass is 10.1. The number of hydrogen-bond acceptors (Lipinski definition) is 3. The van der Waals surface area contributed by atoms with Gasteiger partial charge in [0.25, 0.3) is 0 Å². The third-order valence-electron chi connectivity index (χ3n) is 2.39. The van der Waals surface area contributed by atoms with Crippen molar-refractivity contribution in [2.45, 2.75) is 6.54 Å². The second-order valence-corrected chi connectivity index (χ2v) is 4.49. The third-order valence-corrected chi connectivity index (χ3v) is 2.94. The van der Waals surface area contributed by atoms with Gasteiger partial charge in [-0.15, -0.1) is 0 Å². The number of oxime groups is 1. The van der Waals surface area contributed by atoms with Gasteiger partial charge >= 0.3 is 0 Å². The van der Waals surface area contributed by atoms with E-state index in [0.717, 1.165) is 5.56 Å². The Morgan fingerprint density at radius 1 is 1.44 bits per heavy atom. The number of halogens is 2. The van der Waals surface area contributed by atoms with Gasteiger partial charge in [-0.1, -0.05) is 40.5 Å². The van der Waals surface area contributed by atoms with Crippen molar-refractivity contribution in [1.29, 1.82) is 0 Å². The molecule has 0 bridgehead atoms. The van der Waals surface area contributed by atoms with Crippen LogP contribution in [0.5, 0.6) is 0 Å². The van der Waals surface area contributed by atoms with Crippen LogP contribution in [0.15, 0.2) is 35.7 Å². The average molecular weight is 285 g/mol. The first-order valence-electron chi connectivity index (χ1n) is 5.04. The fourth-order valence-corrected chi connectivity index (χ4v) is 1.89. The summed E-state index contributed by atoms with van der Waals surface area (Å²) in [5, 5.41) is 16.6. The summed E-state index contributed by atoms with van der Waals surface area (Å²) in [6.45, 7) is 0.502. The molecule has 1 heterocycles. The van der Waals surface area contributed by atoms with E-state index in [2.05, 4.69) is 10.3 Å². The van der Waals surface area contributed by atoms with E-state index in [4.69, 9.17) is 34.1 Å². The molecule has 0 unspecified atom stereocenters. The minimum atomic E-state index is 0.0191. The second-order valence-electron chi connectivity index (χ2n) is 3.65. The Morgan fingerprint density at radius 2 is 2.22 bits per heavy atom. The van der Waals surface area contributed by atoms with Crippen LogP contribution >= 0.6 is 23.2 Å². The molecule has 0 saturated carbocycles. The minimum Gasteiger partial charge on any atom is -0.409 e. The molecule has 2 aromatic rings. The zero-order valence-electron chi connectivity index (χ0n) is 9.22. The molecule has 0 aliphatic rings. The van der Waals surface area contributed by atoms with E-state index in [1.165, 1.54) is 0 Å². The monoisotopic (exact) mass is 284 g/mol. The Hall–Kier alpha value is -1.72. The fourth-order valence-electron chi connectivity index (χ4n) is 1.49. The summed E-state index contributed by atoms with van der Waals surface area (Å²) in [5.74, 6) is 0.0191. The summed E-state index contributed by atoms with van der Waals surface area (Å²) in [7, 11) is 0. The highest BCUT2D eigenvalue weighted by Gasteiger charge is 2.06. The normalized spacial score (nSPS) is 11.8. The molecule has 3 N–H and O–H groups in total. The van der Waals surface area contributed by atoms with Crippen molar-refractivity contribution in [2.75, 3.05) is 0 Å². The van der Waals surface area contributed by atoms with E-state index in [0.29, 0.717) is 22.2 Å². The number of nitrogens with zero attached hydrogens (tertiary/aromatic N) is 3. The molecule has 1 aromatic carbocycles. The minimum absolute atomic E-state index is 0.0191. The SMILES string of the molecule is N/C(=N/O)c1ccc(Cn2cc(Cl)cn2)c(Cl)c1. The molecule has 1 aromatic heterocycles. The lowest BCUT2D eigenvalue weighted by molar-refractivity contribution is 0.318. The van der Waals surface area contributed by atoms with E-state index >= 15 is 0 Å². The van der Waals surface area contributed by atoms with Crippen LogP contribution in [0.2, 0.25) is 10.0 Å². The van der Waals surface area contributed by atoms with Crippen LogP contribution in [-0.4, -0.2) is 20.8 Å². The Kier molecular flexibility index (Phi) is 3.74. The molecule has 0 aliphatic heterocycles. The van der Waals surface area contributed by atoms with Crippen LogP contribution < -0.4 is 5.73 Å². The van der Waals surface area contributed by atoms with Gasteiger partial charge < -0.3 is 10.9 Å². The number of aromatic nitrogens is 2. The number of rotatable bonds is 3. The summed E-state index contributed by atoms with van der Waals surface area (Å²) in [6, 6.07) is 5.16. The molecule has 0 aliphatic carbocycles. The molecule has 0 radical (unpaired) electrons. The summed E-state index contributed by atoms with van der Waals surface area (Å²) >= 11 is 11.9. The molecule has 0 atom stereocenters. The molecule has 0 saturated heterocycles. The summed E-state index contributed by atoms with van der Waals surface area (Å²) in [4.78, 5) is 0. The van der Waals surface area contributed by atoms with Gasteiger partial charge in [0, 0.05) is 16.8 Å². The standard InChI is InChI=1S/C11H10Cl2N4O/c12-9-4-15-17(6-9)5-8-2-1-7(3-10(8)13)11(14)16-18/h1-4,6,18H,5H2,(H2,14,16). The summed E-state index contributed by atoms with van der Waals surface area (Å²) < 4.78 is 1.67. The molecule has 2 rings (SSSR count). The quantitative estimate of drug-likeness (QED) is 0.393. The molecule has 0 spiro atoms. The Bertz CT molecular complexity index is 594. The first kappa shape index (κ1) is 12.7. The average Bonchev–Trinajstić information content (AvgIpc) is 2.76. The van der Waals surface area contributed by atoms with Gasteiger partial charge in [-0.05, 0) is 11.6 Å². The van der Waals surface area contributed by atoms with Crippen molar-refractivity contribution in [1.82, 2.24) is 9.78 Å². The van der Waals surface area contributed by atoms with Crippen molar-refractivity contribution < 1.29 is 5.21 Å². The first-order valence-corrected chi connectivity index (χ1v) is 5.80. The van der Waals surface area contributed by atoms with Gasteiger partial charge in [0.15, 0.2) is 5.84 Å². The van der Waals surface area contributed by atoms with Crippen molar-refractivity contribution in [3.63, 3.8) is 0 Å². The van der Waals surface area contributed by atoms with Gasteiger partial charge in [-0.25, -0.2) is 0 Å². The van der Waals surface area contributed by atoms with E-state index in [9.17, 15) is 0 Å². The van der Waals surface area contributed by atoms with Gasteiger partial charge in [0.05, 0.1) is 17.8 Å². The molecule has 5 nitrogen and oxygen atoms in total. The molecule has 7 heteroatoms. The predicted octanol–water partition coefficient (Wildman–Crippen LogP) is 2.33. The lowest BCUT2D eigenvalue weighted by Gasteiger charge is -2.06. The van der Waals surface area contributed by atoms with E-state index in [1.54, 1.807) is 35.3 Å². The van der Waals surface area contributed by atoms with Crippen LogP contribution in [0.4, 0.5) is 0 Å². The van der Waals surface area contributed by atoms with Crippen LogP contribution in [0, 0.1) is 0 Å². The Labute approximate surface area is 113 Å². The molecule has 0 amide bonds. The number of hydrogen-bond donors (Lipinski definition) is 2. The van der Waals surface area contributed by atoms with Crippen molar-refractivity contribution in [3.05, 3.63) is 51.8 Å². The zero-order chi connectivity index (χ0) is 13.1. The van der Waals surface area contributed by atoms with E-state index < -0.39 is 0 Å². The van der Waals surface area contributed by atoms with E-state index in [1.807, 2.05) is 0 Å². The largest absolute Gasteiger partial charge is 0.409 e. The highest BCUT2D eigenvalue weighted by molar-refractivity contribution is 6.31. The van der Waals surface area contributed by atoms with Gasteiger partial charge in [-0.2, -0.15) is 5.10 Å². The van der Waals surface area contributed by atoms with Gasteiger partial charge in [0.2, 0.25) is 0 Å². The van der Waals surface area contributed by atoms with Gasteiger partial charge in [0.1, 0.15) is 0 Å². The van der Waals surface area contributed by atoms with Crippen LogP contribution in [-0.2, 0) is 6.54 Å². The molecule has 18 heavy (non-hydrogen) atoms. The maximum absolute atomic E-state index is 8.58. The maximum atomic E-state index is 8.58. The second kappa shape index (κ2) is 5.29. The highest BCUT2D eigenvalue weighted by Crippen LogP contribution is 2.19. The lowest BCUT2D eigenvalue weighted by Crippen LogP contribution is -2.13. The number of nitrogens with two attached hydrogens (primary N) is 1. The summed E-state index contributed by atoms with van der Waals surface area (Å²) in [6.07, 6.45) is 3.26. The summed E-state index contributed by atoms with van der Waals surface area (Å²) in [5.41, 5.74) is 6.90. The van der Waals surface area contributed by atoms with Crippen LogP contribution in [0.1, 0.15) is 11.1 Å². The van der Waals surface area contributed by atoms with Crippen molar-refractivity contribution in [2.24, 2.45) is 10.9 Å². The first-order chi connectivity index (χ1) is 8.60. The predicted molar refractivity (Wildman–Crippen MR) is 70.3 cm³/mol. The number of benzene rings is 1.